The Morgan fingerprint density at radius 1 is 0.857 bits per heavy atom. The smallest absolute Gasteiger partial charge is 0.239 e. The first-order chi connectivity index (χ1) is 16.9. The van der Waals surface area contributed by atoms with Crippen molar-refractivity contribution in [1.29, 1.82) is 0 Å². The van der Waals surface area contributed by atoms with Gasteiger partial charge in [-0.25, -0.2) is 9.97 Å². The highest BCUT2D eigenvalue weighted by Crippen LogP contribution is 2.20. The molecule has 0 radical (unpaired) electrons. The largest absolute Gasteiger partial charge is 0.370 e. The molecule has 2 aromatic carbocycles. The molecule has 1 aliphatic heterocycles. The summed E-state index contributed by atoms with van der Waals surface area (Å²) < 4.78 is 0. The Labute approximate surface area is 207 Å². The van der Waals surface area contributed by atoms with Gasteiger partial charge in [0.15, 0.2) is 5.82 Å². The third kappa shape index (κ3) is 8.50. The van der Waals surface area contributed by atoms with Gasteiger partial charge in [0.05, 0.1) is 6.54 Å². The molecule has 1 saturated heterocycles. The van der Waals surface area contributed by atoms with Crippen LogP contribution in [0.25, 0.3) is 11.4 Å². The van der Waals surface area contributed by atoms with Crippen LogP contribution < -0.4 is 15.5 Å². The average molecular weight is 475 g/mol. The second-order valence-electron chi connectivity index (χ2n) is 8.41. The molecule has 2 heterocycles. The molecule has 1 fully saturated rings. The summed E-state index contributed by atoms with van der Waals surface area (Å²) in [4.78, 5) is 35.8. The number of amides is 1. The molecule has 0 spiro atoms. The first-order valence-electron chi connectivity index (χ1n) is 11.9. The molecular formula is C27H34N6O2. The summed E-state index contributed by atoms with van der Waals surface area (Å²) in [6.45, 7) is 9.68. The standard InChI is InChI=1S/C24H28N6O.C3H6O/c1-2-25-21-17-22(28-24(27-21)19-9-5-3-6-10-19)26-23(31)18-29-13-15-30(16-14-29)20-11-7-4-8-12-20;1-3(2)4/h3-12,17H,2,13-16,18H2,1H3,(H2,25,26,27,28,31);1-2H3. The van der Waals surface area contributed by atoms with Gasteiger partial charge in [-0.15, -0.1) is 0 Å². The number of Topliss-reactive ketones (excluding diaryl/α,β-unsaturated/α-hetero) is 1. The topological polar surface area (TPSA) is 90.5 Å². The molecule has 1 amide bonds. The Hall–Kier alpha value is -3.78. The number of rotatable bonds is 7. The van der Waals surface area contributed by atoms with Crippen molar-refractivity contribution >= 4 is 29.0 Å². The maximum atomic E-state index is 12.7. The Morgan fingerprint density at radius 3 is 2.03 bits per heavy atom. The Kier molecular flexibility index (Phi) is 9.74. The Morgan fingerprint density at radius 2 is 1.43 bits per heavy atom. The second-order valence-corrected chi connectivity index (χ2v) is 8.41. The number of nitrogens with zero attached hydrogens (tertiary/aromatic N) is 4. The number of piperazine rings is 1. The number of hydrogen-bond donors (Lipinski definition) is 2. The molecule has 0 saturated carbocycles. The summed E-state index contributed by atoms with van der Waals surface area (Å²) in [5.74, 6) is 1.90. The van der Waals surface area contributed by atoms with Crippen LogP contribution in [0.4, 0.5) is 17.3 Å². The van der Waals surface area contributed by atoms with Crippen LogP contribution in [0, 0.1) is 0 Å². The molecule has 184 valence electrons. The van der Waals surface area contributed by atoms with Gasteiger partial charge in [0.25, 0.3) is 0 Å². The summed E-state index contributed by atoms with van der Waals surface area (Å²) in [5, 5.41) is 6.17. The van der Waals surface area contributed by atoms with E-state index in [1.807, 2.05) is 43.3 Å². The lowest BCUT2D eigenvalue weighted by Gasteiger charge is -2.35. The molecule has 2 N–H and O–H groups in total. The summed E-state index contributed by atoms with van der Waals surface area (Å²) in [5.41, 5.74) is 2.15. The van der Waals surface area contributed by atoms with E-state index in [9.17, 15) is 9.59 Å². The molecule has 3 aromatic rings. The fourth-order valence-corrected chi connectivity index (χ4v) is 3.69. The zero-order valence-corrected chi connectivity index (χ0v) is 20.7. The second kappa shape index (κ2) is 13.2. The van der Waals surface area contributed by atoms with E-state index in [0.717, 1.165) is 38.3 Å². The average Bonchev–Trinajstić information content (AvgIpc) is 2.85. The number of hydrogen-bond acceptors (Lipinski definition) is 7. The molecule has 8 nitrogen and oxygen atoms in total. The highest BCUT2D eigenvalue weighted by atomic mass is 16.2. The van der Waals surface area contributed by atoms with Crippen LogP contribution in [-0.4, -0.2) is 65.8 Å². The molecule has 1 aliphatic rings. The number of benzene rings is 2. The van der Waals surface area contributed by atoms with E-state index in [4.69, 9.17) is 0 Å². The summed E-state index contributed by atoms with van der Waals surface area (Å²) in [7, 11) is 0. The third-order valence-electron chi connectivity index (χ3n) is 5.24. The van der Waals surface area contributed by atoms with Crippen LogP contribution in [0.1, 0.15) is 20.8 Å². The quantitative estimate of drug-likeness (QED) is 0.536. The van der Waals surface area contributed by atoms with E-state index >= 15 is 0 Å². The van der Waals surface area contributed by atoms with Crippen molar-refractivity contribution in [3.05, 3.63) is 66.7 Å². The number of nitrogens with one attached hydrogen (secondary N) is 2. The van der Waals surface area contributed by atoms with E-state index < -0.39 is 0 Å². The van der Waals surface area contributed by atoms with Crippen molar-refractivity contribution in [1.82, 2.24) is 14.9 Å². The molecule has 0 aliphatic carbocycles. The van der Waals surface area contributed by atoms with Gasteiger partial charge in [-0.1, -0.05) is 48.5 Å². The van der Waals surface area contributed by atoms with Crippen LogP contribution in [0.15, 0.2) is 66.7 Å². The van der Waals surface area contributed by atoms with Gasteiger partial charge < -0.3 is 20.3 Å². The van der Waals surface area contributed by atoms with Gasteiger partial charge in [0.1, 0.15) is 17.4 Å². The van der Waals surface area contributed by atoms with Gasteiger partial charge in [-0.2, -0.15) is 0 Å². The van der Waals surface area contributed by atoms with Crippen LogP contribution >= 0.6 is 0 Å². The molecular weight excluding hydrogens is 440 g/mol. The molecule has 0 bridgehead atoms. The molecule has 0 atom stereocenters. The van der Waals surface area contributed by atoms with Crippen LogP contribution in [0.2, 0.25) is 0 Å². The number of aromatic nitrogens is 2. The van der Waals surface area contributed by atoms with E-state index in [1.165, 1.54) is 19.5 Å². The van der Waals surface area contributed by atoms with E-state index in [-0.39, 0.29) is 11.7 Å². The Balaban J connectivity index is 0.000000795. The summed E-state index contributed by atoms with van der Waals surface area (Å²) in [6, 6.07) is 22.0. The first kappa shape index (κ1) is 25.8. The molecule has 4 rings (SSSR count). The molecule has 1 aromatic heterocycles. The van der Waals surface area contributed by atoms with Crippen molar-refractivity contribution in [2.24, 2.45) is 0 Å². The fraction of sp³-hybridized carbons (Fsp3) is 0.333. The van der Waals surface area contributed by atoms with Gasteiger partial charge in [0.2, 0.25) is 5.91 Å². The van der Waals surface area contributed by atoms with Gasteiger partial charge >= 0.3 is 0 Å². The van der Waals surface area contributed by atoms with Crippen molar-refractivity contribution in [3.63, 3.8) is 0 Å². The highest BCUT2D eigenvalue weighted by molar-refractivity contribution is 5.92. The first-order valence-corrected chi connectivity index (χ1v) is 11.9. The maximum Gasteiger partial charge on any atom is 0.239 e. The molecule has 35 heavy (non-hydrogen) atoms. The maximum absolute atomic E-state index is 12.7. The van der Waals surface area contributed by atoms with Crippen LogP contribution in [0.3, 0.4) is 0 Å². The zero-order valence-electron chi connectivity index (χ0n) is 20.7. The molecule has 0 unspecified atom stereocenters. The normalized spacial score (nSPS) is 13.4. The highest BCUT2D eigenvalue weighted by Gasteiger charge is 2.19. The number of carbonyl (C=O) groups excluding carboxylic acids is 2. The lowest BCUT2D eigenvalue weighted by molar-refractivity contribution is -0.117. The summed E-state index contributed by atoms with van der Waals surface area (Å²) in [6.07, 6.45) is 0. The van der Waals surface area contributed by atoms with Crippen molar-refractivity contribution in [2.45, 2.75) is 20.8 Å². The van der Waals surface area contributed by atoms with E-state index in [0.29, 0.717) is 24.0 Å². The lowest BCUT2D eigenvalue weighted by atomic mass is 10.2. The fourth-order valence-electron chi connectivity index (χ4n) is 3.69. The van der Waals surface area contributed by atoms with Crippen LogP contribution in [0.5, 0.6) is 0 Å². The third-order valence-corrected chi connectivity index (χ3v) is 5.24. The minimum Gasteiger partial charge on any atom is -0.370 e. The Bertz CT molecular complexity index is 1080. The minimum absolute atomic E-state index is 0.0617. The van der Waals surface area contributed by atoms with E-state index in [1.54, 1.807) is 6.07 Å². The van der Waals surface area contributed by atoms with Gasteiger partial charge in [-0.05, 0) is 32.9 Å². The predicted molar refractivity (Wildman–Crippen MR) is 142 cm³/mol. The number of carbonyl (C=O) groups is 2. The minimum atomic E-state index is -0.0617. The predicted octanol–water partition coefficient (Wildman–Crippen LogP) is 3.93. The zero-order chi connectivity index (χ0) is 25.0. The monoisotopic (exact) mass is 474 g/mol. The van der Waals surface area contributed by atoms with Crippen LogP contribution in [-0.2, 0) is 9.59 Å². The van der Waals surface area contributed by atoms with Gasteiger partial charge in [0, 0.05) is 50.0 Å². The van der Waals surface area contributed by atoms with Gasteiger partial charge in [-0.3, -0.25) is 9.69 Å². The number of anilines is 3. The van der Waals surface area contributed by atoms with Crippen molar-refractivity contribution in [2.75, 3.05) is 54.8 Å². The number of ketones is 1. The lowest BCUT2D eigenvalue weighted by Crippen LogP contribution is -2.48. The van der Waals surface area contributed by atoms with E-state index in [2.05, 4.69) is 54.7 Å². The van der Waals surface area contributed by atoms with Crippen molar-refractivity contribution in [3.8, 4) is 11.4 Å². The number of para-hydroxylation sites is 1. The summed E-state index contributed by atoms with van der Waals surface area (Å²) >= 11 is 0. The van der Waals surface area contributed by atoms with Crippen molar-refractivity contribution < 1.29 is 9.59 Å². The SMILES string of the molecule is CC(C)=O.CCNc1cc(NC(=O)CN2CCN(c3ccccc3)CC2)nc(-c2ccccc2)n1. The molecule has 8 heteroatoms.